The summed E-state index contributed by atoms with van der Waals surface area (Å²) in [4.78, 5) is 12.8. The molecule has 0 fully saturated rings. The first-order chi connectivity index (χ1) is 14.0. The summed E-state index contributed by atoms with van der Waals surface area (Å²) in [6.45, 7) is 7.74. The lowest BCUT2D eigenvalue weighted by atomic mass is 10.1. The number of carbonyl (C=O) groups is 1. The van der Waals surface area contributed by atoms with Crippen LogP contribution in [0.25, 0.3) is 0 Å². The summed E-state index contributed by atoms with van der Waals surface area (Å²) >= 11 is 2.92. The van der Waals surface area contributed by atoms with Gasteiger partial charge in [0, 0.05) is 30.0 Å². The lowest BCUT2D eigenvalue weighted by Gasteiger charge is -2.10. The summed E-state index contributed by atoms with van der Waals surface area (Å²) in [5.74, 6) is 1.35. The monoisotopic (exact) mass is 430 g/mol. The maximum absolute atomic E-state index is 12.8. The molecule has 0 amide bonds. The molecule has 0 aliphatic heterocycles. The fourth-order valence-electron chi connectivity index (χ4n) is 3.16. The van der Waals surface area contributed by atoms with Crippen LogP contribution in [0.4, 0.5) is 5.13 Å². The van der Waals surface area contributed by atoms with Crippen LogP contribution in [0, 0.1) is 13.8 Å². The predicted octanol–water partition coefficient (Wildman–Crippen LogP) is 4.61. The quantitative estimate of drug-likeness (QED) is 0.374. The summed E-state index contributed by atoms with van der Waals surface area (Å²) < 4.78 is 8.24. The van der Waals surface area contributed by atoms with E-state index in [9.17, 15) is 4.79 Å². The molecule has 8 heteroatoms. The number of aryl methyl sites for hydroxylation is 2. The number of thioether (sulfide) groups is 1. The summed E-state index contributed by atoms with van der Waals surface area (Å²) in [7, 11) is 1.67. The molecule has 2 aromatic heterocycles. The molecular weight excluding hydrogens is 404 g/mol. The molecule has 0 aliphatic rings. The number of methoxy groups -OCH3 is 1. The third-order valence-corrected chi connectivity index (χ3v) is 6.73. The van der Waals surface area contributed by atoms with E-state index in [0.29, 0.717) is 5.75 Å². The number of hydrogen-bond donors (Lipinski definition) is 1. The van der Waals surface area contributed by atoms with Crippen molar-refractivity contribution in [1.82, 2.24) is 14.8 Å². The van der Waals surface area contributed by atoms with E-state index in [1.54, 1.807) is 7.11 Å². The Morgan fingerprint density at radius 2 is 2.00 bits per heavy atom. The summed E-state index contributed by atoms with van der Waals surface area (Å²) in [5, 5.41) is 12.1. The van der Waals surface area contributed by atoms with Gasteiger partial charge in [-0.05, 0) is 51.0 Å². The number of hydrogen-bond acceptors (Lipinski definition) is 7. The standard InChI is InChI=1S/C21H26N4O2S2/c1-5-22-20-23-24-21(29-20)28-13-19(26)18-12-14(2)25(15(18)3)11-10-16-6-8-17(27-4)9-7-16/h6-9,12H,5,10-11,13H2,1-4H3,(H,22,23). The molecule has 1 N–H and O–H groups in total. The number of ether oxygens (including phenoxy) is 1. The van der Waals surface area contributed by atoms with Crippen molar-refractivity contribution in [3.8, 4) is 5.75 Å². The van der Waals surface area contributed by atoms with Crippen LogP contribution in [0.2, 0.25) is 0 Å². The van der Waals surface area contributed by atoms with E-state index in [1.165, 1.54) is 28.7 Å². The minimum Gasteiger partial charge on any atom is -0.497 e. The average Bonchev–Trinajstić information content (AvgIpc) is 3.29. The van der Waals surface area contributed by atoms with Crippen molar-refractivity contribution in [2.45, 2.75) is 38.1 Å². The maximum Gasteiger partial charge on any atom is 0.206 e. The Labute approximate surface area is 179 Å². The molecule has 0 bridgehead atoms. The molecule has 0 radical (unpaired) electrons. The molecule has 0 spiro atoms. The minimum absolute atomic E-state index is 0.124. The zero-order chi connectivity index (χ0) is 20.8. The Bertz CT molecular complexity index is 964. The molecule has 154 valence electrons. The van der Waals surface area contributed by atoms with Gasteiger partial charge in [0.2, 0.25) is 5.13 Å². The topological polar surface area (TPSA) is 69.0 Å². The molecule has 1 aromatic carbocycles. The van der Waals surface area contributed by atoms with E-state index in [-0.39, 0.29) is 5.78 Å². The van der Waals surface area contributed by atoms with Crippen molar-refractivity contribution in [2.75, 3.05) is 24.7 Å². The molecule has 3 aromatic rings. The maximum atomic E-state index is 12.8. The molecular formula is C21H26N4O2S2. The van der Waals surface area contributed by atoms with Crippen molar-refractivity contribution < 1.29 is 9.53 Å². The van der Waals surface area contributed by atoms with Crippen LogP contribution in [0.15, 0.2) is 34.7 Å². The largest absolute Gasteiger partial charge is 0.497 e. The highest BCUT2D eigenvalue weighted by molar-refractivity contribution is 8.01. The highest BCUT2D eigenvalue weighted by Gasteiger charge is 2.17. The van der Waals surface area contributed by atoms with Crippen molar-refractivity contribution in [3.63, 3.8) is 0 Å². The van der Waals surface area contributed by atoms with Crippen molar-refractivity contribution in [2.24, 2.45) is 0 Å². The van der Waals surface area contributed by atoms with Gasteiger partial charge in [-0.25, -0.2) is 0 Å². The number of carbonyl (C=O) groups excluding carboxylic acids is 1. The zero-order valence-electron chi connectivity index (χ0n) is 17.2. The Morgan fingerprint density at radius 1 is 1.24 bits per heavy atom. The average molecular weight is 431 g/mol. The van der Waals surface area contributed by atoms with Gasteiger partial charge < -0.3 is 14.6 Å². The minimum atomic E-state index is 0.124. The molecule has 0 saturated heterocycles. The number of anilines is 1. The molecule has 0 saturated carbocycles. The van der Waals surface area contributed by atoms with Gasteiger partial charge in [0.1, 0.15) is 5.75 Å². The third-order valence-electron chi connectivity index (χ3n) is 4.72. The van der Waals surface area contributed by atoms with E-state index >= 15 is 0 Å². The molecule has 29 heavy (non-hydrogen) atoms. The van der Waals surface area contributed by atoms with Crippen LogP contribution in [0.3, 0.4) is 0 Å². The predicted molar refractivity (Wildman–Crippen MR) is 120 cm³/mol. The Balaban J connectivity index is 1.61. The number of benzene rings is 1. The lowest BCUT2D eigenvalue weighted by Crippen LogP contribution is -2.08. The first-order valence-corrected chi connectivity index (χ1v) is 11.3. The van der Waals surface area contributed by atoms with Crippen LogP contribution in [0.5, 0.6) is 5.75 Å². The van der Waals surface area contributed by atoms with Crippen LogP contribution in [-0.4, -0.2) is 40.0 Å². The summed E-state index contributed by atoms with van der Waals surface area (Å²) in [6.07, 6.45) is 0.903. The van der Waals surface area contributed by atoms with Crippen LogP contribution < -0.4 is 10.1 Å². The van der Waals surface area contributed by atoms with Gasteiger partial charge in [-0.15, -0.1) is 10.2 Å². The van der Waals surface area contributed by atoms with Gasteiger partial charge in [0.25, 0.3) is 0 Å². The fraction of sp³-hybridized carbons (Fsp3) is 0.381. The Kier molecular flexibility index (Phi) is 7.33. The molecule has 0 aliphatic carbocycles. The highest BCUT2D eigenvalue weighted by atomic mass is 32.2. The number of nitrogens with one attached hydrogen (secondary N) is 1. The fourth-order valence-corrected chi connectivity index (χ4v) is 4.86. The Morgan fingerprint density at radius 3 is 2.69 bits per heavy atom. The first-order valence-electron chi connectivity index (χ1n) is 9.54. The SMILES string of the molecule is CCNc1nnc(SCC(=O)c2cc(C)n(CCc3ccc(OC)cc3)c2C)s1. The summed E-state index contributed by atoms with van der Waals surface area (Å²) in [6, 6.07) is 10.1. The third kappa shape index (κ3) is 5.39. The second-order valence-corrected chi connectivity index (χ2v) is 8.85. The second kappa shape index (κ2) is 9.93. The second-order valence-electron chi connectivity index (χ2n) is 6.65. The lowest BCUT2D eigenvalue weighted by molar-refractivity contribution is 0.102. The van der Waals surface area contributed by atoms with Gasteiger partial charge >= 0.3 is 0 Å². The van der Waals surface area contributed by atoms with Gasteiger partial charge in [-0.3, -0.25) is 4.79 Å². The normalized spacial score (nSPS) is 10.9. The van der Waals surface area contributed by atoms with E-state index in [1.807, 2.05) is 32.0 Å². The van der Waals surface area contributed by atoms with E-state index < -0.39 is 0 Å². The summed E-state index contributed by atoms with van der Waals surface area (Å²) in [5.41, 5.74) is 4.16. The smallest absolute Gasteiger partial charge is 0.206 e. The van der Waals surface area contributed by atoms with Crippen molar-refractivity contribution in [1.29, 1.82) is 0 Å². The molecule has 0 atom stereocenters. The number of rotatable bonds is 10. The molecule has 0 unspecified atom stereocenters. The number of Topliss-reactive ketones (excluding diaryl/α,β-unsaturated/α-hetero) is 1. The zero-order valence-corrected chi connectivity index (χ0v) is 18.8. The van der Waals surface area contributed by atoms with Crippen LogP contribution in [0.1, 0.15) is 34.2 Å². The molecule has 2 heterocycles. The van der Waals surface area contributed by atoms with Gasteiger partial charge in [0.05, 0.1) is 12.9 Å². The van der Waals surface area contributed by atoms with Gasteiger partial charge in [-0.2, -0.15) is 0 Å². The molecule has 3 rings (SSSR count). The van der Waals surface area contributed by atoms with Crippen LogP contribution >= 0.6 is 23.1 Å². The van der Waals surface area contributed by atoms with Crippen molar-refractivity contribution in [3.05, 3.63) is 52.8 Å². The Hall–Kier alpha value is -2.32. The van der Waals surface area contributed by atoms with E-state index in [4.69, 9.17) is 4.74 Å². The van der Waals surface area contributed by atoms with Gasteiger partial charge in [0.15, 0.2) is 10.1 Å². The number of nitrogens with zero attached hydrogens (tertiary/aromatic N) is 3. The molecule has 6 nitrogen and oxygen atoms in total. The first kappa shape index (κ1) is 21.4. The van der Waals surface area contributed by atoms with E-state index in [0.717, 1.165) is 51.7 Å². The highest BCUT2D eigenvalue weighted by Crippen LogP contribution is 2.27. The number of ketones is 1. The van der Waals surface area contributed by atoms with Gasteiger partial charge in [-0.1, -0.05) is 35.2 Å². The number of aromatic nitrogens is 3. The van der Waals surface area contributed by atoms with Crippen molar-refractivity contribution >= 4 is 34.0 Å². The van der Waals surface area contributed by atoms with E-state index in [2.05, 4.69) is 39.1 Å². The van der Waals surface area contributed by atoms with Crippen LogP contribution in [-0.2, 0) is 13.0 Å².